The number of rotatable bonds is 4. The van der Waals surface area contributed by atoms with Gasteiger partial charge in [-0.25, -0.2) is 4.39 Å². The Bertz CT molecular complexity index is 294. The van der Waals surface area contributed by atoms with Crippen LogP contribution in [-0.4, -0.2) is 12.0 Å². The van der Waals surface area contributed by atoms with Gasteiger partial charge in [0.1, 0.15) is 0 Å². The lowest BCUT2D eigenvalue weighted by Crippen LogP contribution is -2.21. The predicted molar refractivity (Wildman–Crippen MR) is 55.1 cm³/mol. The van der Waals surface area contributed by atoms with Crippen LogP contribution in [0.5, 0.6) is 0 Å². The van der Waals surface area contributed by atoms with Gasteiger partial charge >= 0.3 is 0 Å². The molecule has 0 heterocycles. The standard InChI is InChI=1S/C12H15FO/c1-3-11(14)12(13)9(2)10-7-5-4-6-8-10/h4-9,12H,3H2,1-2H3. The smallest absolute Gasteiger partial charge is 0.167 e. The Kier molecular flexibility index (Phi) is 3.81. The summed E-state index contributed by atoms with van der Waals surface area (Å²) in [4.78, 5) is 11.2. The topological polar surface area (TPSA) is 17.1 Å². The van der Waals surface area contributed by atoms with Crippen molar-refractivity contribution in [1.29, 1.82) is 0 Å². The van der Waals surface area contributed by atoms with Crippen molar-refractivity contribution in [2.24, 2.45) is 0 Å². The van der Waals surface area contributed by atoms with Gasteiger partial charge in [0.15, 0.2) is 12.0 Å². The number of ketones is 1. The van der Waals surface area contributed by atoms with Crippen LogP contribution >= 0.6 is 0 Å². The first-order chi connectivity index (χ1) is 6.66. The first kappa shape index (κ1) is 10.9. The minimum absolute atomic E-state index is 0.262. The van der Waals surface area contributed by atoms with E-state index in [4.69, 9.17) is 0 Å². The summed E-state index contributed by atoms with van der Waals surface area (Å²) < 4.78 is 13.5. The number of alkyl halides is 1. The molecule has 0 aromatic heterocycles. The molecule has 0 aliphatic carbocycles. The van der Waals surface area contributed by atoms with Gasteiger partial charge in [-0.2, -0.15) is 0 Å². The molecule has 0 spiro atoms. The van der Waals surface area contributed by atoms with Crippen molar-refractivity contribution in [2.75, 3.05) is 0 Å². The Morgan fingerprint density at radius 2 is 1.93 bits per heavy atom. The number of carbonyl (C=O) groups is 1. The molecular formula is C12H15FO. The maximum Gasteiger partial charge on any atom is 0.167 e. The third kappa shape index (κ3) is 2.41. The molecule has 0 fully saturated rings. The Morgan fingerprint density at radius 1 is 1.36 bits per heavy atom. The van der Waals surface area contributed by atoms with Gasteiger partial charge in [-0.15, -0.1) is 0 Å². The summed E-state index contributed by atoms with van der Waals surface area (Å²) in [5.41, 5.74) is 0.877. The van der Waals surface area contributed by atoms with Crippen LogP contribution in [0.3, 0.4) is 0 Å². The van der Waals surface area contributed by atoms with Crippen molar-refractivity contribution in [2.45, 2.75) is 32.4 Å². The van der Waals surface area contributed by atoms with E-state index < -0.39 is 6.17 Å². The second-order valence-corrected chi connectivity index (χ2v) is 3.42. The maximum absolute atomic E-state index is 13.5. The molecule has 76 valence electrons. The molecule has 0 amide bonds. The fraction of sp³-hybridized carbons (Fsp3) is 0.417. The molecule has 0 aliphatic rings. The molecule has 1 rings (SSSR count). The van der Waals surface area contributed by atoms with E-state index in [9.17, 15) is 9.18 Å². The van der Waals surface area contributed by atoms with Gasteiger partial charge in [-0.3, -0.25) is 4.79 Å². The lowest BCUT2D eigenvalue weighted by Gasteiger charge is -2.15. The molecule has 0 saturated heterocycles. The zero-order valence-electron chi connectivity index (χ0n) is 8.53. The summed E-state index contributed by atoms with van der Waals surface area (Å²) in [6.45, 7) is 3.43. The van der Waals surface area contributed by atoms with Crippen molar-refractivity contribution < 1.29 is 9.18 Å². The molecule has 1 aromatic carbocycles. The van der Waals surface area contributed by atoms with Crippen molar-refractivity contribution in [3.63, 3.8) is 0 Å². The minimum Gasteiger partial charge on any atom is -0.296 e. The minimum atomic E-state index is -1.37. The van der Waals surface area contributed by atoms with Gasteiger partial charge in [0.25, 0.3) is 0 Å². The van der Waals surface area contributed by atoms with Gasteiger partial charge in [-0.1, -0.05) is 44.2 Å². The molecule has 0 radical (unpaired) electrons. The Balaban J connectivity index is 2.75. The fourth-order valence-electron chi connectivity index (χ4n) is 1.40. The molecule has 0 aliphatic heterocycles. The normalized spacial score (nSPS) is 14.8. The summed E-state index contributed by atoms with van der Waals surface area (Å²) in [7, 11) is 0. The number of halogens is 1. The highest BCUT2D eigenvalue weighted by Crippen LogP contribution is 2.22. The van der Waals surface area contributed by atoms with Gasteiger partial charge in [0, 0.05) is 12.3 Å². The zero-order chi connectivity index (χ0) is 10.6. The molecule has 0 N–H and O–H groups in total. The number of benzene rings is 1. The van der Waals surface area contributed by atoms with Gasteiger partial charge in [0.2, 0.25) is 0 Å². The molecule has 1 nitrogen and oxygen atoms in total. The fourth-order valence-corrected chi connectivity index (χ4v) is 1.40. The summed E-state index contributed by atoms with van der Waals surface area (Å²) >= 11 is 0. The first-order valence-electron chi connectivity index (χ1n) is 4.88. The number of hydrogen-bond acceptors (Lipinski definition) is 1. The van der Waals surface area contributed by atoms with Gasteiger partial charge in [0.05, 0.1) is 0 Å². The third-order valence-electron chi connectivity index (χ3n) is 2.42. The van der Waals surface area contributed by atoms with E-state index in [-0.39, 0.29) is 18.1 Å². The molecule has 1 aromatic rings. The van der Waals surface area contributed by atoms with E-state index in [1.54, 1.807) is 13.8 Å². The number of Topliss-reactive ketones (excluding diaryl/α,β-unsaturated/α-hetero) is 1. The SMILES string of the molecule is CCC(=O)C(F)C(C)c1ccccc1. The molecule has 2 heteroatoms. The van der Waals surface area contributed by atoms with E-state index in [0.29, 0.717) is 0 Å². The van der Waals surface area contributed by atoms with Crippen molar-refractivity contribution in [3.8, 4) is 0 Å². The number of hydrogen-bond donors (Lipinski definition) is 0. The van der Waals surface area contributed by atoms with E-state index in [0.717, 1.165) is 5.56 Å². The Hall–Kier alpha value is -1.18. The lowest BCUT2D eigenvalue weighted by molar-refractivity contribution is -0.124. The van der Waals surface area contributed by atoms with E-state index in [1.165, 1.54) is 0 Å². The van der Waals surface area contributed by atoms with Crippen LogP contribution in [0.15, 0.2) is 30.3 Å². The van der Waals surface area contributed by atoms with Crippen LogP contribution in [0, 0.1) is 0 Å². The molecule has 2 unspecified atom stereocenters. The maximum atomic E-state index is 13.5. The lowest BCUT2D eigenvalue weighted by atomic mass is 9.93. The largest absolute Gasteiger partial charge is 0.296 e. The van der Waals surface area contributed by atoms with Crippen molar-refractivity contribution in [1.82, 2.24) is 0 Å². The highest BCUT2D eigenvalue weighted by atomic mass is 19.1. The van der Waals surface area contributed by atoms with Crippen molar-refractivity contribution >= 4 is 5.78 Å². The average Bonchev–Trinajstić information content (AvgIpc) is 2.27. The molecular weight excluding hydrogens is 179 g/mol. The molecule has 0 bridgehead atoms. The summed E-state index contributed by atoms with van der Waals surface area (Å²) in [5, 5.41) is 0. The van der Waals surface area contributed by atoms with Crippen LogP contribution in [0.25, 0.3) is 0 Å². The van der Waals surface area contributed by atoms with Crippen LogP contribution in [-0.2, 0) is 4.79 Å². The predicted octanol–water partition coefficient (Wildman–Crippen LogP) is 3.11. The summed E-state index contributed by atoms with van der Waals surface area (Å²) in [5.74, 6) is -0.662. The molecule has 0 saturated carbocycles. The monoisotopic (exact) mass is 194 g/mol. The summed E-state index contributed by atoms with van der Waals surface area (Å²) in [6, 6.07) is 9.29. The van der Waals surface area contributed by atoms with Crippen LogP contribution in [0.1, 0.15) is 31.7 Å². The average molecular weight is 194 g/mol. The third-order valence-corrected chi connectivity index (χ3v) is 2.42. The Morgan fingerprint density at radius 3 is 2.43 bits per heavy atom. The Labute approximate surface area is 83.9 Å². The van der Waals surface area contributed by atoms with Gasteiger partial charge in [-0.05, 0) is 5.56 Å². The highest BCUT2D eigenvalue weighted by Gasteiger charge is 2.23. The number of carbonyl (C=O) groups excluding carboxylic acids is 1. The van der Waals surface area contributed by atoms with Gasteiger partial charge < -0.3 is 0 Å². The first-order valence-corrected chi connectivity index (χ1v) is 4.88. The van der Waals surface area contributed by atoms with E-state index in [1.807, 2.05) is 30.3 Å². The van der Waals surface area contributed by atoms with Crippen LogP contribution in [0.4, 0.5) is 4.39 Å². The highest BCUT2D eigenvalue weighted by molar-refractivity contribution is 5.83. The molecule has 14 heavy (non-hydrogen) atoms. The van der Waals surface area contributed by atoms with E-state index >= 15 is 0 Å². The van der Waals surface area contributed by atoms with Crippen molar-refractivity contribution in [3.05, 3.63) is 35.9 Å². The second-order valence-electron chi connectivity index (χ2n) is 3.42. The second kappa shape index (κ2) is 4.89. The van der Waals surface area contributed by atoms with Crippen LogP contribution < -0.4 is 0 Å². The molecule has 2 atom stereocenters. The quantitative estimate of drug-likeness (QED) is 0.719. The summed E-state index contributed by atoms with van der Waals surface area (Å²) in [6.07, 6.45) is -1.11. The van der Waals surface area contributed by atoms with Crippen LogP contribution in [0.2, 0.25) is 0 Å². The van der Waals surface area contributed by atoms with E-state index in [2.05, 4.69) is 0 Å². The zero-order valence-corrected chi connectivity index (χ0v) is 8.53.